The number of carbonyl (C=O) groups is 1. The Morgan fingerprint density at radius 2 is 1.80 bits per heavy atom. The molecule has 0 aliphatic carbocycles. The molecule has 156 valence electrons. The minimum Gasteiger partial charge on any atom is -0.444 e. The number of hydrogen-bond donors (Lipinski definition) is 0. The van der Waals surface area contributed by atoms with Gasteiger partial charge in [0.1, 0.15) is 11.3 Å². The highest BCUT2D eigenvalue weighted by molar-refractivity contribution is 5.82. The number of hydrogen-bond acceptors (Lipinski definition) is 6. The molecule has 1 aromatic carbocycles. The largest absolute Gasteiger partial charge is 0.444 e. The van der Waals surface area contributed by atoms with Crippen molar-refractivity contribution in [3.05, 3.63) is 48.5 Å². The summed E-state index contributed by atoms with van der Waals surface area (Å²) in [5, 5.41) is 0.917. The molecule has 1 amide bonds. The lowest BCUT2D eigenvalue weighted by molar-refractivity contribution is 0.0240. The number of piperazine rings is 1. The van der Waals surface area contributed by atoms with Crippen LogP contribution >= 0.6 is 0 Å². The summed E-state index contributed by atoms with van der Waals surface area (Å²) in [6.07, 6.45) is 2.48. The van der Waals surface area contributed by atoms with Gasteiger partial charge < -0.3 is 14.5 Å². The highest BCUT2D eigenvalue weighted by Crippen LogP contribution is 2.25. The smallest absolute Gasteiger partial charge is 0.410 e. The topological polar surface area (TPSA) is 71.5 Å². The SMILES string of the molecule is CC(C)(C)OC(=O)N1CCN(c2ncc(F)c(-c3cnc4ccccc4c3)n2)CC1. The molecule has 0 radical (unpaired) electrons. The summed E-state index contributed by atoms with van der Waals surface area (Å²) >= 11 is 0. The molecule has 2 aromatic heterocycles. The maximum Gasteiger partial charge on any atom is 0.410 e. The Hall–Kier alpha value is -3.29. The molecule has 3 heterocycles. The van der Waals surface area contributed by atoms with Gasteiger partial charge in [-0.1, -0.05) is 18.2 Å². The van der Waals surface area contributed by atoms with Crippen LogP contribution in [0.15, 0.2) is 42.7 Å². The first-order valence-electron chi connectivity index (χ1n) is 9.91. The minimum atomic E-state index is -0.531. The summed E-state index contributed by atoms with van der Waals surface area (Å²) in [5.41, 5.74) is 1.13. The number of rotatable bonds is 2. The standard InChI is InChI=1S/C22H24FN5O2/c1-22(2,3)30-21(29)28-10-8-27(9-11-28)20-25-14-17(23)19(26-20)16-12-15-6-4-5-7-18(15)24-13-16/h4-7,12-14H,8-11H2,1-3H3. The van der Waals surface area contributed by atoms with Crippen LogP contribution in [-0.4, -0.2) is 57.7 Å². The van der Waals surface area contributed by atoms with E-state index in [0.29, 0.717) is 37.7 Å². The number of nitrogens with zero attached hydrogens (tertiary/aromatic N) is 5. The number of para-hydroxylation sites is 1. The van der Waals surface area contributed by atoms with Crippen LogP contribution in [0.4, 0.5) is 15.1 Å². The van der Waals surface area contributed by atoms with Crippen LogP contribution in [0.3, 0.4) is 0 Å². The van der Waals surface area contributed by atoms with E-state index in [1.807, 2.05) is 56.0 Å². The number of aromatic nitrogens is 3. The monoisotopic (exact) mass is 409 g/mol. The van der Waals surface area contributed by atoms with Crippen LogP contribution in [0.25, 0.3) is 22.2 Å². The average Bonchev–Trinajstić information content (AvgIpc) is 2.73. The predicted molar refractivity (Wildman–Crippen MR) is 113 cm³/mol. The quantitative estimate of drug-likeness (QED) is 0.640. The molecule has 8 heteroatoms. The van der Waals surface area contributed by atoms with E-state index in [9.17, 15) is 9.18 Å². The van der Waals surface area contributed by atoms with E-state index >= 15 is 0 Å². The number of benzene rings is 1. The van der Waals surface area contributed by atoms with Crippen molar-refractivity contribution in [3.63, 3.8) is 0 Å². The summed E-state index contributed by atoms with van der Waals surface area (Å²) in [4.78, 5) is 28.9. The Kier molecular flexibility index (Phi) is 5.24. The summed E-state index contributed by atoms with van der Waals surface area (Å²) in [7, 11) is 0. The van der Waals surface area contributed by atoms with Crippen molar-refractivity contribution in [2.75, 3.05) is 31.1 Å². The van der Waals surface area contributed by atoms with Crippen molar-refractivity contribution >= 4 is 22.9 Å². The number of anilines is 1. The molecule has 0 unspecified atom stereocenters. The zero-order valence-electron chi connectivity index (χ0n) is 17.3. The number of carbonyl (C=O) groups excluding carboxylic acids is 1. The van der Waals surface area contributed by atoms with E-state index in [2.05, 4.69) is 15.0 Å². The maximum atomic E-state index is 14.5. The van der Waals surface area contributed by atoms with Crippen LogP contribution < -0.4 is 4.90 Å². The average molecular weight is 409 g/mol. The van der Waals surface area contributed by atoms with Gasteiger partial charge in [0, 0.05) is 43.3 Å². The lowest BCUT2D eigenvalue weighted by Crippen LogP contribution is -2.50. The number of pyridine rings is 1. The Labute approximate surface area is 174 Å². The van der Waals surface area contributed by atoms with Crippen molar-refractivity contribution in [2.24, 2.45) is 0 Å². The van der Waals surface area contributed by atoms with Crippen LogP contribution in [-0.2, 0) is 4.74 Å². The van der Waals surface area contributed by atoms with Crippen molar-refractivity contribution < 1.29 is 13.9 Å². The van der Waals surface area contributed by atoms with Crippen LogP contribution in [0.5, 0.6) is 0 Å². The molecule has 1 aliphatic heterocycles. The van der Waals surface area contributed by atoms with Gasteiger partial charge in [0.15, 0.2) is 5.82 Å². The van der Waals surface area contributed by atoms with E-state index in [0.717, 1.165) is 10.9 Å². The molecule has 4 rings (SSSR count). The first kappa shape index (κ1) is 20.0. The Morgan fingerprint density at radius 3 is 2.53 bits per heavy atom. The summed E-state index contributed by atoms with van der Waals surface area (Å²) in [6.45, 7) is 7.59. The predicted octanol–water partition coefficient (Wildman–Crippen LogP) is 3.89. The van der Waals surface area contributed by atoms with Crippen LogP contribution in [0, 0.1) is 5.82 Å². The molecule has 1 fully saturated rings. The molecular formula is C22H24FN5O2. The molecule has 30 heavy (non-hydrogen) atoms. The molecule has 1 saturated heterocycles. The van der Waals surface area contributed by atoms with Gasteiger partial charge in [-0.15, -0.1) is 0 Å². The van der Waals surface area contributed by atoms with Crippen LogP contribution in [0.2, 0.25) is 0 Å². The third kappa shape index (κ3) is 4.32. The molecule has 3 aromatic rings. The molecule has 0 spiro atoms. The third-order valence-electron chi connectivity index (χ3n) is 4.81. The Morgan fingerprint density at radius 1 is 1.07 bits per heavy atom. The first-order chi connectivity index (χ1) is 14.3. The lowest BCUT2D eigenvalue weighted by Gasteiger charge is -2.35. The summed E-state index contributed by atoms with van der Waals surface area (Å²) < 4.78 is 19.9. The molecule has 0 atom stereocenters. The van der Waals surface area contributed by atoms with Crippen molar-refractivity contribution in [3.8, 4) is 11.3 Å². The van der Waals surface area contributed by atoms with Gasteiger partial charge in [-0.25, -0.2) is 19.2 Å². The zero-order chi connectivity index (χ0) is 21.3. The number of halogens is 1. The van der Waals surface area contributed by atoms with Gasteiger partial charge in [0.25, 0.3) is 0 Å². The zero-order valence-corrected chi connectivity index (χ0v) is 17.3. The fraction of sp³-hybridized carbons (Fsp3) is 0.364. The summed E-state index contributed by atoms with van der Waals surface area (Å²) in [5.74, 6) is -0.0633. The molecular weight excluding hydrogens is 385 g/mol. The maximum absolute atomic E-state index is 14.5. The third-order valence-corrected chi connectivity index (χ3v) is 4.81. The second kappa shape index (κ2) is 7.85. The van der Waals surface area contributed by atoms with Crippen LogP contribution in [0.1, 0.15) is 20.8 Å². The van der Waals surface area contributed by atoms with Gasteiger partial charge in [-0.2, -0.15) is 0 Å². The highest BCUT2D eigenvalue weighted by Gasteiger charge is 2.27. The van der Waals surface area contributed by atoms with Crippen molar-refractivity contribution in [1.82, 2.24) is 19.9 Å². The lowest BCUT2D eigenvalue weighted by atomic mass is 10.1. The van der Waals surface area contributed by atoms with E-state index < -0.39 is 11.4 Å². The van der Waals surface area contributed by atoms with E-state index in [1.165, 1.54) is 6.20 Å². The summed E-state index contributed by atoms with van der Waals surface area (Å²) in [6, 6.07) is 9.54. The van der Waals surface area contributed by atoms with Gasteiger partial charge >= 0.3 is 6.09 Å². The van der Waals surface area contributed by atoms with Gasteiger partial charge in [-0.3, -0.25) is 4.98 Å². The number of ether oxygens (including phenoxy) is 1. The van der Waals surface area contributed by atoms with Gasteiger partial charge in [0.05, 0.1) is 11.7 Å². The van der Waals surface area contributed by atoms with Gasteiger partial charge in [-0.05, 0) is 32.9 Å². The Balaban J connectivity index is 1.52. The molecule has 0 saturated carbocycles. The van der Waals surface area contributed by atoms with E-state index in [4.69, 9.17) is 4.74 Å². The van der Waals surface area contributed by atoms with E-state index in [-0.39, 0.29) is 11.8 Å². The second-order valence-electron chi connectivity index (χ2n) is 8.24. The highest BCUT2D eigenvalue weighted by atomic mass is 19.1. The normalized spacial score (nSPS) is 14.8. The minimum absolute atomic E-state index is 0.216. The number of fused-ring (bicyclic) bond motifs is 1. The van der Waals surface area contributed by atoms with Crippen molar-refractivity contribution in [1.29, 1.82) is 0 Å². The fourth-order valence-electron chi connectivity index (χ4n) is 3.33. The first-order valence-corrected chi connectivity index (χ1v) is 9.91. The van der Waals surface area contributed by atoms with Crippen molar-refractivity contribution in [2.45, 2.75) is 26.4 Å². The Bertz CT molecular complexity index is 1070. The second-order valence-corrected chi connectivity index (χ2v) is 8.24. The fourth-order valence-corrected chi connectivity index (χ4v) is 3.33. The molecule has 1 aliphatic rings. The molecule has 7 nitrogen and oxygen atoms in total. The molecule has 0 N–H and O–H groups in total. The van der Waals surface area contributed by atoms with E-state index in [1.54, 1.807) is 11.1 Å². The molecule has 0 bridgehead atoms. The number of amides is 1. The van der Waals surface area contributed by atoms with Gasteiger partial charge in [0.2, 0.25) is 5.95 Å².